The first kappa shape index (κ1) is 24.2. The van der Waals surface area contributed by atoms with Crippen molar-refractivity contribution in [2.45, 2.75) is 62.1 Å². The standard InChI is InChI=1S/C22H33BrN2O6/c1-4-7-8-10-24(9-5-2)20(28)18-22-13-14(23)17(31-22)15(21(29)30-6-3)16(22)19(27)25(18)11-12-26/h5,14-18,26H,2,4,6-13H2,1,3H3/t14?,15-,16+,17-,18-,22+/m0/s1. The van der Waals surface area contributed by atoms with E-state index in [0.29, 0.717) is 19.5 Å². The lowest BCUT2D eigenvalue weighted by atomic mass is 9.70. The highest BCUT2D eigenvalue weighted by Crippen LogP contribution is 2.60. The van der Waals surface area contributed by atoms with Gasteiger partial charge in [0, 0.05) is 24.5 Å². The molecular formula is C22H33BrN2O6. The van der Waals surface area contributed by atoms with Gasteiger partial charge in [-0.25, -0.2) is 0 Å². The zero-order valence-electron chi connectivity index (χ0n) is 18.3. The van der Waals surface area contributed by atoms with Crippen molar-refractivity contribution < 1.29 is 29.0 Å². The molecule has 0 radical (unpaired) electrons. The highest BCUT2D eigenvalue weighted by Gasteiger charge is 2.77. The molecule has 0 aromatic carbocycles. The maximum absolute atomic E-state index is 13.8. The van der Waals surface area contributed by atoms with Crippen molar-refractivity contribution in [1.82, 2.24) is 9.80 Å². The van der Waals surface area contributed by atoms with Crippen molar-refractivity contribution in [2.75, 3.05) is 32.8 Å². The summed E-state index contributed by atoms with van der Waals surface area (Å²) >= 11 is 3.61. The van der Waals surface area contributed by atoms with Crippen molar-refractivity contribution >= 4 is 33.7 Å². The number of fused-ring (bicyclic) bond motifs is 1. The third kappa shape index (κ3) is 4.04. The lowest BCUT2D eigenvalue weighted by Crippen LogP contribution is -2.57. The second-order valence-corrected chi connectivity index (χ2v) is 9.63. The van der Waals surface area contributed by atoms with Crippen molar-refractivity contribution in [3.63, 3.8) is 0 Å². The number of carbonyl (C=O) groups is 3. The van der Waals surface area contributed by atoms with Gasteiger partial charge in [-0.3, -0.25) is 14.4 Å². The van der Waals surface area contributed by atoms with Crippen LogP contribution in [0.3, 0.4) is 0 Å². The van der Waals surface area contributed by atoms with Gasteiger partial charge < -0.3 is 24.4 Å². The number of alkyl halides is 1. The Labute approximate surface area is 192 Å². The van der Waals surface area contributed by atoms with Crippen LogP contribution >= 0.6 is 15.9 Å². The summed E-state index contributed by atoms with van der Waals surface area (Å²) in [6.07, 6.45) is 4.47. The first-order valence-corrected chi connectivity index (χ1v) is 12.1. The van der Waals surface area contributed by atoms with Gasteiger partial charge in [0.25, 0.3) is 0 Å². The summed E-state index contributed by atoms with van der Waals surface area (Å²) in [7, 11) is 0. The van der Waals surface area contributed by atoms with Crippen LogP contribution in [0.15, 0.2) is 12.7 Å². The van der Waals surface area contributed by atoms with E-state index in [2.05, 4.69) is 29.4 Å². The van der Waals surface area contributed by atoms with Crippen LogP contribution in [0.1, 0.15) is 39.5 Å². The number of nitrogens with zero attached hydrogens (tertiary/aromatic N) is 2. The topological polar surface area (TPSA) is 96.4 Å². The first-order valence-electron chi connectivity index (χ1n) is 11.2. The predicted molar refractivity (Wildman–Crippen MR) is 117 cm³/mol. The summed E-state index contributed by atoms with van der Waals surface area (Å²) in [5.41, 5.74) is -1.11. The molecule has 3 heterocycles. The number of aliphatic hydroxyl groups is 1. The van der Waals surface area contributed by atoms with Gasteiger partial charge in [-0.2, -0.15) is 0 Å². The van der Waals surface area contributed by atoms with Gasteiger partial charge in [0.1, 0.15) is 11.6 Å². The number of rotatable bonds is 11. The molecule has 3 saturated heterocycles. The van der Waals surface area contributed by atoms with Crippen LogP contribution < -0.4 is 0 Å². The van der Waals surface area contributed by atoms with Crippen LogP contribution in [-0.2, 0) is 23.9 Å². The molecule has 0 aromatic rings. The molecule has 9 heteroatoms. The number of ether oxygens (including phenoxy) is 2. The second-order valence-electron chi connectivity index (χ2n) is 8.45. The molecule has 8 nitrogen and oxygen atoms in total. The fraction of sp³-hybridized carbons (Fsp3) is 0.773. The zero-order chi connectivity index (χ0) is 22.8. The number of esters is 1. The summed E-state index contributed by atoms with van der Waals surface area (Å²) in [5.74, 6) is -2.56. The van der Waals surface area contributed by atoms with Gasteiger partial charge in [0.05, 0.1) is 31.2 Å². The minimum absolute atomic E-state index is 0.0148. The third-order valence-corrected chi connectivity index (χ3v) is 7.46. The fourth-order valence-electron chi connectivity index (χ4n) is 5.44. The van der Waals surface area contributed by atoms with E-state index in [0.717, 1.165) is 19.3 Å². The molecule has 0 saturated carbocycles. The maximum atomic E-state index is 13.8. The largest absolute Gasteiger partial charge is 0.466 e. The smallest absolute Gasteiger partial charge is 0.312 e. The van der Waals surface area contributed by atoms with E-state index in [4.69, 9.17) is 9.47 Å². The van der Waals surface area contributed by atoms with Crippen molar-refractivity contribution in [2.24, 2.45) is 11.8 Å². The molecule has 3 aliphatic heterocycles. The van der Waals surface area contributed by atoms with E-state index >= 15 is 0 Å². The average Bonchev–Trinajstić information content (AvgIpc) is 3.32. The molecule has 2 bridgehead atoms. The van der Waals surface area contributed by atoms with Crippen LogP contribution in [0.4, 0.5) is 0 Å². The monoisotopic (exact) mass is 500 g/mol. The number of aliphatic hydroxyl groups excluding tert-OH is 1. The highest BCUT2D eigenvalue weighted by atomic mass is 79.9. The number of carbonyl (C=O) groups excluding carboxylic acids is 3. The molecule has 3 aliphatic rings. The molecule has 0 aliphatic carbocycles. The Bertz CT molecular complexity index is 718. The Morgan fingerprint density at radius 2 is 2.16 bits per heavy atom. The number of unbranched alkanes of at least 4 members (excludes halogenated alkanes) is 2. The van der Waals surface area contributed by atoms with Gasteiger partial charge in [-0.05, 0) is 19.8 Å². The summed E-state index contributed by atoms with van der Waals surface area (Å²) in [5, 5.41) is 9.62. The summed E-state index contributed by atoms with van der Waals surface area (Å²) in [6.45, 7) is 8.45. The Morgan fingerprint density at radius 3 is 2.77 bits per heavy atom. The molecule has 1 unspecified atom stereocenters. The lowest BCUT2D eigenvalue weighted by molar-refractivity contribution is -0.155. The SMILES string of the molecule is C=CCN(CCCCC)C(=O)[C@@H]1N(CCO)C(=O)[C@H]2[C@H](C(=O)OCC)[C@H]3O[C@@]12CC3Br. The van der Waals surface area contributed by atoms with E-state index < -0.39 is 35.6 Å². The molecule has 1 N–H and O–H groups in total. The van der Waals surface area contributed by atoms with Gasteiger partial charge in [0.2, 0.25) is 11.8 Å². The fourth-order valence-corrected chi connectivity index (χ4v) is 6.38. The summed E-state index contributed by atoms with van der Waals surface area (Å²) in [6, 6.07) is -0.886. The summed E-state index contributed by atoms with van der Waals surface area (Å²) < 4.78 is 11.6. The molecule has 1 spiro atoms. The normalized spacial score (nSPS) is 33.5. The molecule has 3 rings (SSSR count). The first-order chi connectivity index (χ1) is 14.9. The third-order valence-electron chi connectivity index (χ3n) is 6.62. The minimum Gasteiger partial charge on any atom is -0.466 e. The molecular weight excluding hydrogens is 468 g/mol. The van der Waals surface area contributed by atoms with Crippen molar-refractivity contribution in [3.05, 3.63) is 12.7 Å². The van der Waals surface area contributed by atoms with Crippen LogP contribution in [0.25, 0.3) is 0 Å². The minimum atomic E-state index is -1.11. The van der Waals surface area contributed by atoms with E-state index in [1.54, 1.807) is 17.9 Å². The molecule has 174 valence electrons. The summed E-state index contributed by atoms with van der Waals surface area (Å²) in [4.78, 5) is 43.0. The van der Waals surface area contributed by atoms with Crippen molar-refractivity contribution in [1.29, 1.82) is 0 Å². The van der Waals surface area contributed by atoms with Crippen molar-refractivity contribution in [3.8, 4) is 0 Å². The number of β-amino-alcohol motifs (C(OH)–C–C–N with tert-alkyl or cyclic N) is 1. The Morgan fingerprint density at radius 1 is 1.42 bits per heavy atom. The molecule has 2 amide bonds. The van der Waals surface area contributed by atoms with Crippen LogP contribution in [0.2, 0.25) is 0 Å². The molecule has 31 heavy (non-hydrogen) atoms. The van der Waals surface area contributed by atoms with E-state index in [-0.39, 0.29) is 36.4 Å². The maximum Gasteiger partial charge on any atom is 0.312 e. The van der Waals surface area contributed by atoms with E-state index in [9.17, 15) is 19.5 Å². The van der Waals surface area contributed by atoms with Gasteiger partial charge >= 0.3 is 5.97 Å². The van der Waals surface area contributed by atoms with Crippen LogP contribution in [0.5, 0.6) is 0 Å². The van der Waals surface area contributed by atoms with Gasteiger partial charge in [-0.15, -0.1) is 6.58 Å². The predicted octanol–water partition coefficient (Wildman–Crippen LogP) is 1.49. The van der Waals surface area contributed by atoms with Gasteiger partial charge in [0.15, 0.2) is 0 Å². The number of hydrogen-bond acceptors (Lipinski definition) is 6. The van der Waals surface area contributed by atoms with Gasteiger partial charge in [-0.1, -0.05) is 41.8 Å². The quantitative estimate of drug-likeness (QED) is 0.200. The van der Waals surface area contributed by atoms with Crippen LogP contribution in [0, 0.1) is 11.8 Å². The lowest BCUT2D eigenvalue weighted by Gasteiger charge is -2.37. The highest BCUT2D eigenvalue weighted by molar-refractivity contribution is 9.09. The van der Waals surface area contributed by atoms with E-state index in [1.165, 1.54) is 4.90 Å². The van der Waals surface area contributed by atoms with E-state index in [1.807, 2.05) is 0 Å². The zero-order valence-corrected chi connectivity index (χ0v) is 19.9. The molecule has 3 fully saturated rings. The average molecular weight is 501 g/mol. The molecule has 6 atom stereocenters. The Balaban J connectivity index is 1.98. The number of amides is 2. The Hall–Kier alpha value is -1.45. The van der Waals surface area contributed by atoms with Crippen LogP contribution in [-0.4, -0.2) is 88.1 Å². The number of hydrogen-bond donors (Lipinski definition) is 1. The second kappa shape index (κ2) is 10.0. The number of halogens is 1. The molecule has 0 aromatic heterocycles. The number of likely N-dealkylation sites (tertiary alicyclic amines) is 1. The Kier molecular flexibility index (Phi) is 7.81.